The second-order valence-corrected chi connectivity index (χ2v) is 7.40. The van der Waals surface area contributed by atoms with Crippen molar-refractivity contribution in [2.45, 2.75) is 29.9 Å². The summed E-state index contributed by atoms with van der Waals surface area (Å²) in [5.41, 5.74) is 0. The van der Waals surface area contributed by atoms with Crippen molar-refractivity contribution in [1.82, 2.24) is 15.5 Å². The molecule has 1 N–H and O–H groups in total. The SMILES string of the molecule is CCC(C)S(=O)(=O)c1nnc(C(=O)NCCOC)s1. The molecule has 1 atom stereocenters. The van der Waals surface area contributed by atoms with E-state index in [0.29, 0.717) is 19.6 Å². The maximum Gasteiger partial charge on any atom is 0.282 e. The van der Waals surface area contributed by atoms with Crippen molar-refractivity contribution in [3.05, 3.63) is 5.01 Å². The number of sulfone groups is 1. The van der Waals surface area contributed by atoms with Crippen LogP contribution in [0.25, 0.3) is 0 Å². The van der Waals surface area contributed by atoms with E-state index < -0.39 is 21.0 Å². The molecular formula is C10H17N3O4S2. The zero-order chi connectivity index (χ0) is 14.5. The van der Waals surface area contributed by atoms with Crippen LogP contribution in [0, 0.1) is 0 Å². The second kappa shape index (κ2) is 6.92. The van der Waals surface area contributed by atoms with E-state index >= 15 is 0 Å². The Bertz CT molecular complexity index is 527. The maximum atomic E-state index is 12.0. The minimum atomic E-state index is -3.49. The van der Waals surface area contributed by atoms with Gasteiger partial charge >= 0.3 is 0 Å². The lowest BCUT2D eigenvalue weighted by molar-refractivity contribution is 0.0936. The van der Waals surface area contributed by atoms with Crippen molar-refractivity contribution in [3.8, 4) is 0 Å². The molecule has 1 amide bonds. The summed E-state index contributed by atoms with van der Waals surface area (Å²) in [6.45, 7) is 4.10. The van der Waals surface area contributed by atoms with E-state index in [1.807, 2.05) is 0 Å². The van der Waals surface area contributed by atoms with Crippen LogP contribution in [-0.2, 0) is 14.6 Å². The average Bonchev–Trinajstić information content (AvgIpc) is 2.88. The van der Waals surface area contributed by atoms with Gasteiger partial charge in [0, 0.05) is 13.7 Å². The Kier molecular flexibility index (Phi) is 5.83. The van der Waals surface area contributed by atoms with Crippen LogP contribution in [0.4, 0.5) is 0 Å². The predicted octanol–water partition coefficient (Wildman–Crippen LogP) is 0.486. The van der Waals surface area contributed by atoms with Crippen molar-refractivity contribution < 1.29 is 17.9 Å². The first-order valence-corrected chi connectivity index (χ1v) is 8.14. The first-order valence-electron chi connectivity index (χ1n) is 5.78. The fraction of sp³-hybridized carbons (Fsp3) is 0.700. The Morgan fingerprint density at radius 1 is 1.47 bits per heavy atom. The molecule has 1 rings (SSSR count). The standard InChI is InChI=1S/C10H17N3O4S2/c1-4-7(2)19(15,16)10-13-12-9(18-10)8(14)11-5-6-17-3/h7H,4-6H2,1-3H3,(H,11,14). The van der Waals surface area contributed by atoms with Crippen LogP contribution in [0.3, 0.4) is 0 Å². The van der Waals surface area contributed by atoms with Crippen LogP contribution < -0.4 is 5.32 Å². The fourth-order valence-corrected chi connectivity index (χ4v) is 3.78. The Morgan fingerprint density at radius 3 is 2.74 bits per heavy atom. The molecule has 0 aliphatic heterocycles. The van der Waals surface area contributed by atoms with Gasteiger partial charge in [0.1, 0.15) is 0 Å². The molecule has 0 saturated carbocycles. The lowest BCUT2D eigenvalue weighted by Crippen LogP contribution is -2.26. The van der Waals surface area contributed by atoms with Gasteiger partial charge in [0.2, 0.25) is 19.2 Å². The van der Waals surface area contributed by atoms with E-state index in [9.17, 15) is 13.2 Å². The number of carbonyl (C=O) groups is 1. The van der Waals surface area contributed by atoms with Crippen molar-refractivity contribution >= 4 is 27.1 Å². The molecule has 0 radical (unpaired) electrons. The van der Waals surface area contributed by atoms with Crippen LogP contribution in [0.15, 0.2) is 4.34 Å². The fourth-order valence-electron chi connectivity index (χ4n) is 1.15. The number of hydrogen-bond acceptors (Lipinski definition) is 7. The van der Waals surface area contributed by atoms with Crippen molar-refractivity contribution in [2.75, 3.05) is 20.3 Å². The lowest BCUT2D eigenvalue weighted by atomic mass is 10.4. The van der Waals surface area contributed by atoms with E-state index in [1.54, 1.807) is 13.8 Å². The summed E-state index contributed by atoms with van der Waals surface area (Å²) in [5.74, 6) is -0.444. The van der Waals surface area contributed by atoms with Crippen LogP contribution in [-0.4, -0.2) is 50.0 Å². The maximum absolute atomic E-state index is 12.0. The van der Waals surface area contributed by atoms with Crippen molar-refractivity contribution in [2.24, 2.45) is 0 Å². The summed E-state index contributed by atoms with van der Waals surface area (Å²) >= 11 is 0.787. The highest BCUT2D eigenvalue weighted by molar-refractivity contribution is 7.93. The summed E-state index contributed by atoms with van der Waals surface area (Å²) in [7, 11) is -1.96. The summed E-state index contributed by atoms with van der Waals surface area (Å²) < 4.78 is 28.7. The molecule has 0 aromatic carbocycles. The second-order valence-electron chi connectivity index (χ2n) is 3.89. The molecule has 1 heterocycles. The number of amides is 1. The van der Waals surface area contributed by atoms with Crippen LogP contribution in [0.2, 0.25) is 0 Å². The molecule has 0 bridgehead atoms. The lowest BCUT2D eigenvalue weighted by Gasteiger charge is -2.05. The number of rotatable bonds is 7. The average molecular weight is 307 g/mol. The Morgan fingerprint density at radius 2 is 2.16 bits per heavy atom. The van der Waals surface area contributed by atoms with Crippen LogP contribution in [0.1, 0.15) is 30.1 Å². The van der Waals surface area contributed by atoms with Gasteiger partial charge in [-0.15, -0.1) is 10.2 Å². The first-order chi connectivity index (χ1) is 8.93. The number of hydrogen-bond donors (Lipinski definition) is 1. The molecule has 19 heavy (non-hydrogen) atoms. The quantitative estimate of drug-likeness (QED) is 0.736. The van der Waals surface area contributed by atoms with E-state index in [4.69, 9.17) is 4.74 Å². The largest absolute Gasteiger partial charge is 0.383 e. The predicted molar refractivity (Wildman–Crippen MR) is 71.1 cm³/mol. The highest BCUT2D eigenvalue weighted by Crippen LogP contribution is 2.21. The number of nitrogens with zero attached hydrogens (tertiary/aromatic N) is 2. The van der Waals surface area contributed by atoms with E-state index in [2.05, 4.69) is 15.5 Å². The third kappa shape index (κ3) is 3.95. The van der Waals surface area contributed by atoms with Crippen molar-refractivity contribution in [1.29, 1.82) is 0 Å². The molecule has 108 valence electrons. The third-order valence-electron chi connectivity index (χ3n) is 2.54. The Labute approximate surface area is 116 Å². The molecule has 1 unspecified atom stereocenters. The van der Waals surface area contributed by atoms with Gasteiger partial charge in [0.05, 0.1) is 11.9 Å². The molecule has 0 aliphatic rings. The van der Waals surface area contributed by atoms with Gasteiger partial charge in [-0.25, -0.2) is 8.42 Å². The Balaban J connectivity index is 2.80. The van der Waals surface area contributed by atoms with Gasteiger partial charge in [-0.1, -0.05) is 18.3 Å². The molecule has 1 aromatic heterocycles. The molecule has 0 saturated heterocycles. The molecular weight excluding hydrogens is 290 g/mol. The smallest absolute Gasteiger partial charge is 0.282 e. The molecule has 0 fully saturated rings. The first kappa shape index (κ1) is 16.0. The minimum Gasteiger partial charge on any atom is -0.383 e. The van der Waals surface area contributed by atoms with Gasteiger partial charge in [0.25, 0.3) is 5.91 Å². The molecule has 1 aromatic rings. The normalized spacial score (nSPS) is 13.2. The van der Waals surface area contributed by atoms with Gasteiger partial charge in [0.15, 0.2) is 0 Å². The number of nitrogens with one attached hydrogen (secondary N) is 1. The highest BCUT2D eigenvalue weighted by atomic mass is 32.2. The zero-order valence-electron chi connectivity index (χ0n) is 11.0. The number of aromatic nitrogens is 2. The van der Waals surface area contributed by atoms with Gasteiger partial charge in [-0.2, -0.15) is 0 Å². The van der Waals surface area contributed by atoms with E-state index in [-0.39, 0.29) is 9.35 Å². The zero-order valence-corrected chi connectivity index (χ0v) is 12.7. The number of methoxy groups -OCH3 is 1. The van der Waals surface area contributed by atoms with E-state index in [1.165, 1.54) is 7.11 Å². The minimum absolute atomic E-state index is 0.0398. The van der Waals surface area contributed by atoms with Gasteiger partial charge < -0.3 is 10.1 Å². The Hall–Kier alpha value is -1.06. The number of carbonyl (C=O) groups excluding carboxylic acids is 1. The van der Waals surface area contributed by atoms with Gasteiger partial charge in [-0.3, -0.25) is 4.79 Å². The molecule has 7 nitrogen and oxygen atoms in total. The molecule has 0 spiro atoms. The third-order valence-corrected chi connectivity index (χ3v) is 6.17. The summed E-state index contributed by atoms with van der Waals surface area (Å²) in [6, 6.07) is 0. The molecule has 9 heteroatoms. The summed E-state index contributed by atoms with van der Waals surface area (Å²) in [4.78, 5) is 11.6. The summed E-state index contributed by atoms with van der Waals surface area (Å²) in [6.07, 6.45) is 0.483. The topological polar surface area (TPSA) is 98.3 Å². The van der Waals surface area contributed by atoms with E-state index in [0.717, 1.165) is 11.3 Å². The number of ether oxygens (including phenoxy) is 1. The molecule has 0 aliphatic carbocycles. The van der Waals surface area contributed by atoms with Crippen molar-refractivity contribution in [3.63, 3.8) is 0 Å². The van der Waals surface area contributed by atoms with Crippen LogP contribution >= 0.6 is 11.3 Å². The highest BCUT2D eigenvalue weighted by Gasteiger charge is 2.27. The monoisotopic (exact) mass is 307 g/mol. The van der Waals surface area contributed by atoms with Gasteiger partial charge in [-0.05, 0) is 13.3 Å². The van der Waals surface area contributed by atoms with Crippen LogP contribution in [0.5, 0.6) is 0 Å². The summed E-state index contributed by atoms with van der Waals surface area (Å²) in [5, 5.41) is 9.27.